The molecule has 2 rings (SSSR count). The molecule has 0 radical (unpaired) electrons. The topological polar surface area (TPSA) is 39.7 Å². The van der Waals surface area contributed by atoms with Crippen LogP contribution in [0.5, 0.6) is 17.2 Å². The molecule has 1 heterocycles. The van der Waals surface area contributed by atoms with Crippen molar-refractivity contribution >= 4 is 0 Å². The molecule has 0 atom stereocenters. The second-order valence-corrected chi connectivity index (χ2v) is 3.85. The smallest absolute Gasteiger partial charge is 0.129 e. The lowest BCUT2D eigenvalue weighted by atomic mass is 10.2. The van der Waals surface area contributed by atoms with Crippen LogP contribution in [0.25, 0.3) is 0 Å². The van der Waals surface area contributed by atoms with Crippen LogP contribution in [0.2, 0.25) is 0 Å². The van der Waals surface area contributed by atoms with Crippen LogP contribution in [0.3, 0.4) is 0 Å². The first-order valence-corrected chi connectivity index (χ1v) is 5.34. The minimum absolute atomic E-state index is 0.261. The number of benzene rings is 1. The van der Waals surface area contributed by atoms with Crippen LogP contribution in [0.1, 0.15) is 5.56 Å². The summed E-state index contributed by atoms with van der Waals surface area (Å²) in [6.45, 7) is 3.77. The molecule has 16 heavy (non-hydrogen) atoms. The summed E-state index contributed by atoms with van der Waals surface area (Å²) in [6, 6.07) is 3.80. The van der Waals surface area contributed by atoms with Crippen molar-refractivity contribution in [2.75, 3.05) is 27.3 Å². The molecule has 0 unspecified atom stereocenters. The summed E-state index contributed by atoms with van der Waals surface area (Å²) < 4.78 is 16.3. The minimum Gasteiger partial charge on any atom is -0.496 e. The van der Waals surface area contributed by atoms with Crippen LogP contribution in [0.4, 0.5) is 0 Å². The fourth-order valence-corrected chi connectivity index (χ4v) is 1.67. The Balaban J connectivity index is 2.23. The van der Waals surface area contributed by atoms with Crippen LogP contribution < -0.4 is 19.5 Å². The average molecular weight is 223 g/mol. The molecule has 0 aliphatic carbocycles. The minimum atomic E-state index is 0.261. The van der Waals surface area contributed by atoms with Crippen LogP contribution >= 0.6 is 0 Å². The van der Waals surface area contributed by atoms with Gasteiger partial charge in [0.25, 0.3) is 0 Å². The van der Waals surface area contributed by atoms with Gasteiger partial charge in [0.15, 0.2) is 0 Å². The molecule has 4 heteroatoms. The molecular weight excluding hydrogens is 206 g/mol. The van der Waals surface area contributed by atoms with Crippen molar-refractivity contribution in [2.45, 2.75) is 13.0 Å². The van der Waals surface area contributed by atoms with E-state index >= 15 is 0 Å². The maximum absolute atomic E-state index is 5.77. The molecule has 1 fully saturated rings. The second-order valence-electron chi connectivity index (χ2n) is 3.85. The van der Waals surface area contributed by atoms with Gasteiger partial charge in [-0.25, -0.2) is 0 Å². The molecule has 0 amide bonds. The zero-order chi connectivity index (χ0) is 11.5. The first-order chi connectivity index (χ1) is 7.74. The fourth-order valence-electron chi connectivity index (χ4n) is 1.67. The van der Waals surface area contributed by atoms with Crippen LogP contribution in [0, 0.1) is 6.92 Å². The number of rotatable bonds is 4. The summed E-state index contributed by atoms with van der Waals surface area (Å²) >= 11 is 0. The third-order valence-corrected chi connectivity index (χ3v) is 2.77. The average Bonchev–Trinajstić information content (AvgIpc) is 2.25. The Morgan fingerprint density at radius 3 is 2.06 bits per heavy atom. The van der Waals surface area contributed by atoms with Crippen molar-refractivity contribution in [3.63, 3.8) is 0 Å². The normalized spacial score (nSPS) is 15.4. The number of hydrogen-bond acceptors (Lipinski definition) is 4. The van der Waals surface area contributed by atoms with E-state index in [1.807, 2.05) is 19.1 Å². The molecule has 1 aliphatic heterocycles. The molecule has 1 N–H and O–H groups in total. The van der Waals surface area contributed by atoms with Gasteiger partial charge >= 0.3 is 0 Å². The van der Waals surface area contributed by atoms with Gasteiger partial charge in [0.05, 0.1) is 14.2 Å². The van der Waals surface area contributed by atoms with Crippen molar-refractivity contribution in [1.82, 2.24) is 5.32 Å². The third kappa shape index (κ3) is 2.07. The van der Waals surface area contributed by atoms with Gasteiger partial charge in [0.1, 0.15) is 23.4 Å². The Morgan fingerprint density at radius 1 is 1.12 bits per heavy atom. The van der Waals surface area contributed by atoms with Crippen molar-refractivity contribution in [2.24, 2.45) is 0 Å². The van der Waals surface area contributed by atoms with Gasteiger partial charge in [0, 0.05) is 30.8 Å². The van der Waals surface area contributed by atoms with E-state index in [1.165, 1.54) is 0 Å². The summed E-state index contributed by atoms with van der Waals surface area (Å²) in [5.74, 6) is 2.38. The van der Waals surface area contributed by atoms with Crippen LogP contribution in [-0.2, 0) is 0 Å². The van der Waals surface area contributed by atoms with E-state index in [0.29, 0.717) is 0 Å². The van der Waals surface area contributed by atoms with E-state index in [-0.39, 0.29) is 6.10 Å². The SMILES string of the molecule is COc1cc(OC2CNC2)cc(OC)c1C. The van der Waals surface area contributed by atoms with Gasteiger partial charge in [-0.1, -0.05) is 0 Å². The van der Waals surface area contributed by atoms with Gasteiger partial charge in [-0.3, -0.25) is 0 Å². The van der Waals surface area contributed by atoms with Crippen LogP contribution in [-0.4, -0.2) is 33.4 Å². The second kappa shape index (κ2) is 4.61. The molecule has 88 valence electrons. The standard InChI is InChI=1S/C12H17NO3/c1-8-11(14-2)4-9(5-12(8)15-3)16-10-6-13-7-10/h4-5,10,13H,6-7H2,1-3H3. The first-order valence-electron chi connectivity index (χ1n) is 5.34. The lowest BCUT2D eigenvalue weighted by molar-refractivity contribution is 0.141. The van der Waals surface area contributed by atoms with Crippen molar-refractivity contribution in [1.29, 1.82) is 0 Å². The third-order valence-electron chi connectivity index (χ3n) is 2.77. The van der Waals surface area contributed by atoms with Gasteiger partial charge in [-0.05, 0) is 6.92 Å². The Hall–Kier alpha value is -1.42. The molecule has 0 spiro atoms. The maximum atomic E-state index is 5.77. The number of methoxy groups -OCH3 is 2. The molecule has 4 nitrogen and oxygen atoms in total. The zero-order valence-corrected chi connectivity index (χ0v) is 9.87. The summed E-state index contributed by atoms with van der Waals surface area (Å²) in [7, 11) is 3.30. The van der Waals surface area contributed by atoms with Gasteiger partial charge in [-0.15, -0.1) is 0 Å². The van der Waals surface area contributed by atoms with E-state index in [9.17, 15) is 0 Å². The number of ether oxygens (including phenoxy) is 3. The molecule has 1 aromatic rings. The Labute approximate surface area is 95.5 Å². The highest BCUT2D eigenvalue weighted by molar-refractivity contribution is 5.49. The van der Waals surface area contributed by atoms with Crippen molar-refractivity contribution in [3.05, 3.63) is 17.7 Å². The number of hydrogen-bond donors (Lipinski definition) is 1. The summed E-state index contributed by atoms with van der Waals surface area (Å²) in [5, 5.41) is 3.16. The molecule has 1 aromatic carbocycles. The fraction of sp³-hybridized carbons (Fsp3) is 0.500. The predicted octanol–water partition coefficient (Wildman–Crippen LogP) is 1.36. The zero-order valence-electron chi connectivity index (χ0n) is 9.87. The Kier molecular flexibility index (Phi) is 3.19. The van der Waals surface area contributed by atoms with E-state index in [1.54, 1.807) is 14.2 Å². The molecule has 1 saturated heterocycles. The summed E-state index contributed by atoms with van der Waals surface area (Å²) in [5.41, 5.74) is 0.990. The van der Waals surface area contributed by atoms with Crippen molar-refractivity contribution < 1.29 is 14.2 Å². The van der Waals surface area contributed by atoms with E-state index in [2.05, 4.69) is 5.32 Å². The van der Waals surface area contributed by atoms with Crippen LogP contribution in [0.15, 0.2) is 12.1 Å². The quantitative estimate of drug-likeness (QED) is 0.836. The molecule has 0 saturated carbocycles. The lowest BCUT2D eigenvalue weighted by Gasteiger charge is -2.28. The molecule has 0 bridgehead atoms. The molecule has 0 aromatic heterocycles. The number of nitrogens with one attached hydrogen (secondary N) is 1. The van der Waals surface area contributed by atoms with E-state index in [4.69, 9.17) is 14.2 Å². The Morgan fingerprint density at radius 2 is 1.69 bits per heavy atom. The van der Waals surface area contributed by atoms with E-state index in [0.717, 1.165) is 35.9 Å². The van der Waals surface area contributed by atoms with E-state index < -0.39 is 0 Å². The first kappa shape index (κ1) is 11.1. The lowest BCUT2D eigenvalue weighted by Crippen LogP contribution is -2.50. The van der Waals surface area contributed by atoms with Crippen molar-refractivity contribution in [3.8, 4) is 17.2 Å². The monoisotopic (exact) mass is 223 g/mol. The van der Waals surface area contributed by atoms with Gasteiger partial charge in [0.2, 0.25) is 0 Å². The molecule has 1 aliphatic rings. The van der Waals surface area contributed by atoms with Gasteiger partial charge < -0.3 is 19.5 Å². The van der Waals surface area contributed by atoms with Gasteiger partial charge in [-0.2, -0.15) is 0 Å². The molecular formula is C12H17NO3. The highest BCUT2D eigenvalue weighted by atomic mass is 16.5. The highest BCUT2D eigenvalue weighted by Gasteiger charge is 2.19. The highest BCUT2D eigenvalue weighted by Crippen LogP contribution is 2.33. The summed E-state index contributed by atoms with van der Waals surface area (Å²) in [4.78, 5) is 0. The maximum Gasteiger partial charge on any atom is 0.129 e. The largest absolute Gasteiger partial charge is 0.496 e. The summed E-state index contributed by atoms with van der Waals surface area (Å²) in [6.07, 6.45) is 0.261. The Bertz CT molecular complexity index is 350. The predicted molar refractivity (Wildman–Crippen MR) is 61.6 cm³/mol.